The largest absolute Gasteiger partial charge is 0.381 e. The molecule has 0 aliphatic carbocycles. The molecule has 0 N–H and O–H groups in total. The van der Waals surface area contributed by atoms with Crippen molar-refractivity contribution in [3.8, 4) is 0 Å². The minimum atomic E-state index is 0.0949. The summed E-state index contributed by atoms with van der Waals surface area (Å²) in [6.07, 6.45) is 2.69. The van der Waals surface area contributed by atoms with E-state index in [1.165, 1.54) is 0 Å². The van der Waals surface area contributed by atoms with Gasteiger partial charge in [0.2, 0.25) is 0 Å². The van der Waals surface area contributed by atoms with E-state index in [1.807, 2.05) is 0 Å². The molecule has 12 heavy (non-hydrogen) atoms. The van der Waals surface area contributed by atoms with E-state index in [0.717, 1.165) is 12.7 Å². The van der Waals surface area contributed by atoms with E-state index in [2.05, 4.69) is 20.8 Å². The van der Waals surface area contributed by atoms with Crippen molar-refractivity contribution in [3.63, 3.8) is 0 Å². The molecule has 0 aromatic heterocycles. The van der Waals surface area contributed by atoms with Gasteiger partial charge in [0.1, 0.15) is 6.29 Å². The van der Waals surface area contributed by atoms with Crippen LogP contribution < -0.4 is 0 Å². The maximum atomic E-state index is 10.3. The number of carbonyl (C=O) groups is 1. The number of carbonyl (C=O) groups excluding carboxylic acids is 1. The van der Waals surface area contributed by atoms with Gasteiger partial charge in [0.05, 0.1) is 6.10 Å². The van der Waals surface area contributed by atoms with Crippen LogP contribution in [0.1, 0.15) is 33.6 Å². The van der Waals surface area contributed by atoms with Crippen LogP contribution in [0.4, 0.5) is 0 Å². The highest BCUT2D eigenvalue weighted by Crippen LogP contribution is 2.21. The Morgan fingerprint density at radius 2 is 2.00 bits per heavy atom. The molecule has 0 aromatic rings. The van der Waals surface area contributed by atoms with E-state index in [-0.39, 0.29) is 6.10 Å². The quantitative estimate of drug-likeness (QED) is 0.574. The Bertz CT molecular complexity index is 123. The summed E-state index contributed by atoms with van der Waals surface area (Å²) in [4.78, 5) is 10.3. The molecule has 0 bridgehead atoms. The number of rotatable bonds is 6. The molecule has 0 aliphatic heterocycles. The summed E-state index contributed by atoms with van der Waals surface area (Å²) >= 11 is 0. The molecular weight excluding hydrogens is 152 g/mol. The molecular formula is C10H20O2. The van der Waals surface area contributed by atoms with E-state index < -0.39 is 0 Å². The van der Waals surface area contributed by atoms with Gasteiger partial charge in [-0.2, -0.15) is 0 Å². The highest BCUT2D eigenvalue weighted by molar-refractivity contribution is 5.50. The van der Waals surface area contributed by atoms with Crippen molar-refractivity contribution >= 4 is 6.29 Å². The monoisotopic (exact) mass is 172 g/mol. The second-order valence-electron chi connectivity index (χ2n) is 3.42. The van der Waals surface area contributed by atoms with Crippen molar-refractivity contribution in [2.24, 2.45) is 11.8 Å². The van der Waals surface area contributed by atoms with Crippen LogP contribution in [0.2, 0.25) is 0 Å². The fourth-order valence-corrected chi connectivity index (χ4v) is 1.36. The molecule has 0 spiro atoms. The molecule has 0 heterocycles. The second-order valence-corrected chi connectivity index (χ2v) is 3.42. The van der Waals surface area contributed by atoms with E-state index in [1.54, 1.807) is 7.11 Å². The third kappa shape index (κ3) is 3.35. The molecule has 2 heteroatoms. The van der Waals surface area contributed by atoms with Crippen LogP contribution in [0.15, 0.2) is 0 Å². The van der Waals surface area contributed by atoms with E-state index in [0.29, 0.717) is 18.3 Å². The summed E-state index contributed by atoms with van der Waals surface area (Å²) in [6.45, 7) is 6.50. The van der Waals surface area contributed by atoms with E-state index in [4.69, 9.17) is 4.74 Å². The molecule has 3 atom stereocenters. The van der Waals surface area contributed by atoms with Crippen molar-refractivity contribution in [1.82, 2.24) is 0 Å². The van der Waals surface area contributed by atoms with Gasteiger partial charge < -0.3 is 9.53 Å². The normalized spacial score (nSPS) is 18.3. The molecule has 0 rings (SSSR count). The lowest BCUT2D eigenvalue weighted by Crippen LogP contribution is -2.26. The smallest absolute Gasteiger partial charge is 0.122 e. The van der Waals surface area contributed by atoms with Crippen LogP contribution >= 0.6 is 0 Å². The van der Waals surface area contributed by atoms with Crippen molar-refractivity contribution in [2.45, 2.75) is 39.7 Å². The van der Waals surface area contributed by atoms with Crippen LogP contribution in [0.3, 0.4) is 0 Å². The zero-order valence-electron chi connectivity index (χ0n) is 8.54. The van der Waals surface area contributed by atoms with Gasteiger partial charge in [-0.05, 0) is 11.8 Å². The van der Waals surface area contributed by atoms with E-state index in [9.17, 15) is 4.79 Å². The predicted octanol–water partition coefficient (Wildman–Crippen LogP) is 2.27. The van der Waals surface area contributed by atoms with Gasteiger partial charge in [0, 0.05) is 13.5 Å². The number of methoxy groups -OCH3 is 1. The lowest BCUT2D eigenvalue weighted by Gasteiger charge is -2.25. The fraction of sp³-hybridized carbons (Fsp3) is 0.900. The lowest BCUT2D eigenvalue weighted by molar-refractivity contribution is -0.111. The number of aldehydes is 1. The summed E-state index contributed by atoms with van der Waals surface area (Å²) in [5.74, 6) is 1.08. The van der Waals surface area contributed by atoms with Crippen LogP contribution in [-0.4, -0.2) is 19.5 Å². The van der Waals surface area contributed by atoms with Gasteiger partial charge in [0.15, 0.2) is 0 Å². The van der Waals surface area contributed by atoms with Crippen molar-refractivity contribution < 1.29 is 9.53 Å². The predicted molar refractivity (Wildman–Crippen MR) is 50.1 cm³/mol. The Hall–Kier alpha value is -0.370. The van der Waals surface area contributed by atoms with Gasteiger partial charge >= 0.3 is 0 Å². The van der Waals surface area contributed by atoms with Crippen molar-refractivity contribution in [1.29, 1.82) is 0 Å². The van der Waals surface area contributed by atoms with Gasteiger partial charge in [-0.3, -0.25) is 0 Å². The molecule has 0 radical (unpaired) electrons. The summed E-state index contributed by atoms with van der Waals surface area (Å²) in [7, 11) is 1.67. The topological polar surface area (TPSA) is 26.3 Å². The Labute approximate surface area is 75.3 Å². The van der Waals surface area contributed by atoms with Gasteiger partial charge in [-0.15, -0.1) is 0 Å². The van der Waals surface area contributed by atoms with E-state index >= 15 is 0 Å². The van der Waals surface area contributed by atoms with Crippen LogP contribution in [0, 0.1) is 11.8 Å². The molecule has 2 nitrogen and oxygen atoms in total. The summed E-state index contributed by atoms with van der Waals surface area (Å²) in [6, 6.07) is 0. The number of ether oxygens (including phenoxy) is 1. The summed E-state index contributed by atoms with van der Waals surface area (Å²) < 4.78 is 5.24. The highest BCUT2D eigenvalue weighted by Gasteiger charge is 2.20. The van der Waals surface area contributed by atoms with Gasteiger partial charge in [-0.25, -0.2) is 0 Å². The van der Waals surface area contributed by atoms with Crippen LogP contribution in [0.5, 0.6) is 0 Å². The Balaban J connectivity index is 3.99. The molecule has 0 saturated carbocycles. The zero-order chi connectivity index (χ0) is 9.56. The Morgan fingerprint density at radius 1 is 1.42 bits per heavy atom. The average molecular weight is 172 g/mol. The van der Waals surface area contributed by atoms with Crippen LogP contribution in [0.25, 0.3) is 0 Å². The fourth-order valence-electron chi connectivity index (χ4n) is 1.36. The minimum Gasteiger partial charge on any atom is -0.381 e. The molecule has 0 aromatic carbocycles. The molecule has 0 fully saturated rings. The van der Waals surface area contributed by atoms with Crippen LogP contribution in [-0.2, 0) is 9.53 Å². The minimum absolute atomic E-state index is 0.0949. The summed E-state index contributed by atoms with van der Waals surface area (Å²) in [5.41, 5.74) is 0. The first-order valence-electron chi connectivity index (χ1n) is 4.63. The molecule has 0 aliphatic rings. The molecule has 0 amide bonds. The Morgan fingerprint density at radius 3 is 2.33 bits per heavy atom. The van der Waals surface area contributed by atoms with Crippen molar-refractivity contribution in [3.05, 3.63) is 0 Å². The molecule has 3 unspecified atom stereocenters. The first-order valence-corrected chi connectivity index (χ1v) is 4.63. The number of hydrogen-bond donors (Lipinski definition) is 0. The van der Waals surface area contributed by atoms with Crippen molar-refractivity contribution in [2.75, 3.05) is 7.11 Å². The molecule has 72 valence electrons. The zero-order valence-corrected chi connectivity index (χ0v) is 8.54. The first kappa shape index (κ1) is 11.6. The second kappa shape index (κ2) is 6.18. The number of hydrogen-bond acceptors (Lipinski definition) is 2. The van der Waals surface area contributed by atoms with Gasteiger partial charge in [0.25, 0.3) is 0 Å². The average Bonchev–Trinajstić information content (AvgIpc) is 2.11. The Kier molecular flexibility index (Phi) is 5.99. The standard InChI is InChI=1S/C10H20O2/c1-5-8(2)9(3)10(12-4)6-7-11/h7-10H,5-6H2,1-4H3. The lowest BCUT2D eigenvalue weighted by atomic mass is 9.87. The van der Waals surface area contributed by atoms with Gasteiger partial charge in [-0.1, -0.05) is 27.2 Å². The third-order valence-electron chi connectivity index (χ3n) is 2.76. The SMILES string of the molecule is CCC(C)C(C)C(CC=O)OC. The first-order chi connectivity index (χ1) is 5.67. The summed E-state index contributed by atoms with van der Waals surface area (Å²) in [5, 5.41) is 0. The highest BCUT2D eigenvalue weighted by atomic mass is 16.5. The maximum Gasteiger partial charge on any atom is 0.122 e. The third-order valence-corrected chi connectivity index (χ3v) is 2.76. The molecule has 0 saturated heterocycles. The maximum absolute atomic E-state index is 10.3.